The molecule has 0 aliphatic rings. The highest BCUT2D eigenvalue weighted by molar-refractivity contribution is 5.95. The number of hydrogen-bond acceptors (Lipinski definition) is 6. The minimum absolute atomic E-state index is 0.0212. The van der Waals surface area contributed by atoms with Crippen LogP contribution in [-0.2, 0) is 9.53 Å². The summed E-state index contributed by atoms with van der Waals surface area (Å²) in [5.74, 6) is -0.144. The molecule has 0 aliphatic carbocycles. The van der Waals surface area contributed by atoms with Crippen molar-refractivity contribution in [3.63, 3.8) is 0 Å². The molecule has 0 fully saturated rings. The van der Waals surface area contributed by atoms with Crippen molar-refractivity contribution >= 4 is 28.9 Å². The van der Waals surface area contributed by atoms with E-state index in [0.29, 0.717) is 22.7 Å². The summed E-state index contributed by atoms with van der Waals surface area (Å²) < 4.78 is 12.1. The Morgan fingerprint density at radius 3 is 2.64 bits per heavy atom. The second kappa shape index (κ2) is 12.2. The second-order valence-electron chi connectivity index (χ2n) is 9.21. The lowest BCUT2D eigenvalue weighted by Crippen LogP contribution is -2.75. The van der Waals surface area contributed by atoms with Gasteiger partial charge in [-0.3, -0.25) is 19.3 Å². The number of imidazole rings is 1. The molecule has 1 atom stereocenters. The fraction of sp³-hybridized carbons (Fsp3) is 0.200. The third-order valence-electron chi connectivity index (χ3n) is 6.20. The molecule has 0 saturated heterocycles. The number of ether oxygens (including phenoxy) is 2. The SMILES string of the molecule is COC(=O)CC(NC(=O)c1ccn2c(-c3cccc([NH2+]C(C)=CC(C)=N)c3)cnc2c1)c1cccc(OC)c1. The van der Waals surface area contributed by atoms with Gasteiger partial charge in [-0.1, -0.05) is 24.3 Å². The number of pyridine rings is 1. The molecule has 2 aromatic heterocycles. The van der Waals surface area contributed by atoms with E-state index in [0.717, 1.165) is 28.2 Å². The summed E-state index contributed by atoms with van der Waals surface area (Å²) in [5.41, 5.74) is 6.14. The Morgan fingerprint density at radius 1 is 1.10 bits per heavy atom. The van der Waals surface area contributed by atoms with Gasteiger partial charge in [0.05, 0.1) is 38.6 Å². The Morgan fingerprint density at radius 2 is 1.90 bits per heavy atom. The average molecular weight is 527 g/mol. The standard InChI is InChI=1S/C30H31N5O4/c1-19(31)13-20(2)33-24-9-5-8-22(14-24)27-18-32-28-16-23(11-12-35(27)28)30(37)34-26(17-29(36)39-4)21-7-6-10-25(15-21)38-3/h5-16,18,26,31,33H,17H2,1-4H3,(H,34,37)/p+1. The predicted octanol–water partition coefficient (Wildman–Crippen LogP) is 4.18. The second-order valence-corrected chi connectivity index (χ2v) is 9.21. The highest BCUT2D eigenvalue weighted by atomic mass is 16.5. The molecule has 2 aromatic carbocycles. The molecule has 2 heterocycles. The van der Waals surface area contributed by atoms with E-state index in [-0.39, 0.29) is 12.3 Å². The van der Waals surface area contributed by atoms with Gasteiger partial charge in [-0.05, 0) is 42.8 Å². The van der Waals surface area contributed by atoms with Crippen molar-refractivity contribution in [2.24, 2.45) is 0 Å². The maximum Gasteiger partial charge on any atom is 0.307 e. The average Bonchev–Trinajstić information content (AvgIpc) is 3.35. The minimum Gasteiger partial charge on any atom is -0.497 e. The third kappa shape index (κ3) is 6.77. The van der Waals surface area contributed by atoms with Crippen LogP contribution in [0, 0.1) is 5.41 Å². The van der Waals surface area contributed by atoms with Gasteiger partial charge in [-0.2, -0.15) is 0 Å². The summed E-state index contributed by atoms with van der Waals surface area (Å²) in [6.07, 6.45) is 5.38. The van der Waals surface area contributed by atoms with Gasteiger partial charge in [-0.25, -0.2) is 4.98 Å². The molecule has 0 bridgehead atoms. The largest absolute Gasteiger partial charge is 0.497 e. The smallest absolute Gasteiger partial charge is 0.307 e. The van der Waals surface area contributed by atoms with Crippen molar-refractivity contribution in [2.45, 2.75) is 26.3 Å². The van der Waals surface area contributed by atoms with Crippen LogP contribution in [0.2, 0.25) is 0 Å². The van der Waals surface area contributed by atoms with Gasteiger partial charge in [0.1, 0.15) is 22.8 Å². The molecule has 4 rings (SSSR count). The lowest BCUT2D eigenvalue weighted by molar-refractivity contribution is -0.517. The fourth-order valence-electron chi connectivity index (χ4n) is 4.37. The van der Waals surface area contributed by atoms with Gasteiger partial charge in [0.25, 0.3) is 5.91 Å². The van der Waals surface area contributed by atoms with Crippen molar-refractivity contribution in [1.82, 2.24) is 14.7 Å². The number of carbonyl (C=O) groups excluding carboxylic acids is 2. The molecule has 4 aromatic rings. The van der Waals surface area contributed by atoms with E-state index < -0.39 is 12.0 Å². The molecule has 9 nitrogen and oxygen atoms in total. The number of amides is 1. The first-order chi connectivity index (χ1) is 18.8. The summed E-state index contributed by atoms with van der Waals surface area (Å²) in [6.45, 7) is 3.72. The van der Waals surface area contributed by atoms with Crippen molar-refractivity contribution in [1.29, 1.82) is 5.41 Å². The van der Waals surface area contributed by atoms with Crippen LogP contribution in [-0.4, -0.2) is 41.2 Å². The Balaban J connectivity index is 1.58. The lowest BCUT2D eigenvalue weighted by Gasteiger charge is -2.19. The highest BCUT2D eigenvalue weighted by Crippen LogP contribution is 2.25. The number of rotatable bonds is 10. The van der Waals surface area contributed by atoms with Crippen LogP contribution in [0.15, 0.2) is 84.8 Å². The zero-order valence-corrected chi connectivity index (χ0v) is 22.4. The molecule has 9 heteroatoms. The normalized spacial score (nSPS) is 12.2. The van der Waals surface area contributed by atoms with Crippen LogP contribution < -0.4 is 15.4 Å². The first kappa shape index (κ1) is 27.3. The molecular formula is C30H32N5O4+. The number of nitrogens with one attached hydrogen (secondary N) is 2. The van der Waals surface area contributed by atoms with Gasteiger partial charge >= 0.3 is 5.97 Å². The molecule has 0 spiro atoms. The number of allylic oxidation sites excluding steroid dienone is 2. The van der Waals surface area contributed by atoms with Crippen molar-refractivity contribution in [2.75, 3.05) is 14.2 Å². The first-order valence-electron chi connectivity index (χ1n) is 12.4. The first-order valence-corrected chi connectivity index (χ1v) is 12.4. The van der Waals surface area contributed by atoms with E-state index in [1.54, 1.807) is 44.5 Å². The van der Waals surface area contributed by atoms with Gasteiger partial charge in [-0.15, -0.1) is 0 Å². The van der Waals surface area contributed by atoms with E-state index in [9.17, 15) is 9.59 Å². The zero-order valence-electron chi connectivity index (χ0n) is 22.4. The number of nitrogens with zero attached hydrogens (tertiary/aromatic N) is 2. The molecule has 0 aliphatic heterocycles. The van der Waals surface area contributed by atoms with E-state index in [4.69, 9.17) is 14.9 Å². The monoisotopic (exact) mass is 526 g/mol. The van der Waals surface area contributed by atoms with Gasteiger partial charge < -0.3 is 20.2 Å². The Bertz CT molecular complexity index is 1560. The number of hydrogen-bond donors (Lipinski definition) is 3. The molecule has 0 radical (unpaired) electrons. The molecule has 0 saturated carbocycles. The Hall–Kier alpha value is -4.76. The van der Waals surface area contributed by atoms with Crippen LogP contribution in [0.25, 0.3) is 16.9 Å². The fourth-order valence-corrected chi connectivity index (χ4v) is 4.37. The van der Waals surface area contributed by atoms with Crippen LogP contribution >= 0.6 is 0 Å². The molecule has 1 unspecified atom stereocenters. The minimum atomic E-state index is -0.598. The number of nitrogens with two attached hydrogens (primary N) is 1. The lowest BCUT2D eigenvalue weighted by atomic mass is 10.0. The summed E-state index contributed by atoms with van der Waals surface area (Å²) in [6, 6.07) is 18.1. The van der Waals surface area contributed by atoms with Gasteiger partial charge in [0.15, 0.2) is 0 Å². The van der Waals surface area contributed by atoms with Crippen LogP contribution in [0.5, 0.6) is 5.75 Å². The molecule has 4 N–H and O–H groups in total. The molecule has 200 valence electrons. The van der Waals surface area contributed by atoms with E-state index >= 15 is 0 Å². The Kier molecular flexibility index (Phi) is 8.53. The van der Waals surface area contributed by atoms with Crippen molar-refractivity contribution in [3.8, 4) is 17.0 Å². The van der Waals surface area contributed by atoms with Crippen LogP contribution in [0.1, 0.15) is 42.2 Å². The Labute approximate surface area is 227 Å². The van der Waals surface area contributed by atoms with E-state index in [1.165, 1.54) is 7.11 Å². The van der Waals surface area contributed by atoms with Crippen LogP contribution in [0.3, 0.4) is 0 Å². The number of methoxy groups -OCH3 is 2. The molecule has 1 amide bonds. The van der Waals surface area contributed by atoms with Gasteiger partial charge in [0, 0.05) is 42.1 Å². The van der Waals surface area contributed by atoms with Crippen LogP contribution in [0.4, 0.5) is 5.69 Å². The summed E-state index contributed by atoms with van der Waals surface area (Å²) >= 11 is 0. The van der Waals surface area contributed by atoms with E-state index in [2.05, 4.69) is 16.4 Å². The van der Waals surface area contributed by atoms with Crippen molar-refractivity contribution < 1.29 is 24.4 Å². The zero-order chi connectivity index (χ0) is 27.9. The predicted molar refractivity (Wildman–Crippen MR) is 149 cm³/mol. The number of quaternary nitrogens is 1. The highest BCUT2D eigenvalue weighted by Gasteiger charge is 2.21. The number of esters is 1. The summed E-state index contributed by atoms with van der Waals surface area (Å²) in [5, 5.41) is 12.6. The number of benzene rings is 2. The van der Waals surface area contributed by atoms with E-state index in [1.807, 2.05) is 59.2 Å². The third-order valence-corrected chi connectivity index (χ3v) is 6.20. The molecule has 39 heavy (non-hydrogen) atoms. The van der Waals surface area contributed by atoms with Crippen molar-refractivity contribution in [3.05, 3.63) is 96.0 Å². The maximum absolute atomic E-state index is 13.2. The number of fused-ring (bicyclic) bond motifs is 1. The summed E-state index contributed by atoms with van der Waals surface area (Å²) in [7, 11) is 2.88. The maximum atomic E-state index is 13.2. The number of aromatic nitrogens is 2. The summed E-state index contributed by atoms with van der Waals surface area (Å²) in [4.78, 5) is 29.9. The number of carbonyl (C=O) groups is 2. The van der Waals surface area contributed by atoms with Gasteiger partial charge in [0.2, 0.25) is 0 Å². The topological polar surface area (TPSA) is 122 Å². The molecular weight excluding hydrogens is 494 g/mol. The quantitative estimate of drug-likeness (QED) is 0.163.